The number of anilines is 4. The average molecular weight is 416 g/mol. The van der Waals surface area contributed by atoms with Crippen molar-refractivity contribution in [2.75, 3.05) is 23.9 Å². The van der Waals surface area contributed by atoms with Gasteiger partial charge in [0.15, 0.2) is 5.82 Å². The van der Waals surface area contributed by atoms with E-state index in [0.717, 1.165) is 23.9 Å². The molecule has 0 unspecified atom stereocenters. The molecule has 1 heterocycles. The van der Waals surface area contributed by atoms with E-state index in [1.165, 1.54) is 4.90 Å². The molecular weight excluding hydrogens is 393 g/mol. The summed E-state index contributed by atoms with van der Waals surface area (Å²) in [6.07, 6.45) is -2.88. The lowest BCUT2D eigenvalue weighted by molar-refractivity contribution is -0.137. The SMILES string of the molecule is CCCOc1ccc(Nc2ncc(C(F)(F)F)c(N(C)c3ccc(C)cc3)n2)cc1. The second-order valence-corrected chi connectivity index (χ2v) is 6.82. The molecule has 3 aromatic rings. The maximum atomic E-state index is 13.6. The molecular formula is C22H23F3N4O. The van der Waals surface area contributed by atoms with Gasteiger partial charge in [-0.1, -0.05) is 24.6 Å². The number of nitrogens with zero attached hydrogens (tertiary/aromatic N) is 3. The van der Waals surface area contributed by atoms with Gasteiger partial charge in [-0.3, -0.25) is 0 Å². The van der Waals surface area contributed by atoms with Crippen LogP contribution in [-0.4, -0.2) is 23.6 Å². The molecule has 0 aliphatic carbocycles. The lowest BCUT2D eigenvalue weighted by atomic mass is 10.2. The minimum atomic E-state index is -4.58. The number of halogens is 3. The third-order valence-electron chi connectivity index (χ3n) is 4.40. The topological polar surface area (TPSA) is 50.3 Å². The molecule has 0 amide bonds. The monoisotopic (exact) mass is 416 g/mol. The number of nitrogens with one attached hydrogen (secondary N) is 1. The highest BCUT2D eigenvalue weighted by atomic mass is 19.4. The van der Waals surface area contributed by atoms with Gasteiger partial charge < -0.3 is 15.0 Å². The fourth-order valence-electron chi connectivity index (χ4n) is 2.76. The summed E-state index contributed by atoms with van der Waals surface area (Å²) in [5.74, 6) is 0.557. The zero-order chi connectivity index (χ0) is 21.7. The van der Waals surface area contributed by atoms with Crippen LogP contribution in [0.1, 0.15) is 24.5 Å². The summed E-state index contributed by atoms with van der Waals surface area (Å²) >= 11 is 0. The van der Waals surface area contributed by atoms with Crippen molar-refractivity contribution in [1.82, 2.24) is 9.97 Å². The molecule has 0 atom stereocenters. The first-order valence-corrected chi connectivity index (χ1v) is 9.52. The fourth-order valence-corrected chi connectivity index (χ4v) is 2.76. The Morgan fingerprint density at radius 1 is 1.03 bits per heavy atom. The molecule has 0 saturated heterocycles. The summed E-state index contributed by atoms with van der Waals surface area (Å²) in [6, 6.07) is 14.2. The van der Waals surface area contributed by atoms with Gasteiger partial charge in [0.25, 0.3) is 0 Å². The van der Waals surface area contributed by atoms with Crippen LogP contribution in [-0.2, 0) is 6.18 Å². The number of aromatic nitrogens is 2. The molecule has 1 N–H and O–H groups in total. The van der Waals surface area contributed by atoms with Gasteiger partial charge in [0.1, 0.15) is 11.3 Å². The van der Waals surface area contributed by atoms with Crippen molar-refractivity contribution in [3.05, 3.63) is 65.9 Å². The number of aryl methyl sites for hydroxylation is 1. The van der Waals surface area contributed by atoms with Gasteiger partial charge in [-0.2, -0.15) is 18.2 Å². The molecule has 5 nitrogen and oxygen atoms in total. The fraction of sp³-hybridized carbons (Fsp3) is 0.273. The summed E-state index contributed by atoms with van der Waals surface area (Å²) in [5, 5.41) is 2.95. The van der Waals surface area contributed by atoms with Crippen LogP contribution in [0.5, 0.6) is 5.75 Å². The molecule has 0 aliphatic rings. The van der Waals surface area contributed by atoms with Crippen LogP contribution in [0.15, 0.2) is 54.7 Å². The van der Waals surface area contributed by atoms with Crippen molar-refractivity contribution < 1.29 is 17.9 Å². The van der Waals surface area contributed by atoms with E-state index < -0.39 is 11.7 Å². The molecule has 0 spiro atoms. The number of ether oxygens (including phenoxy) is 1. The Morgan fingerprint density at radius 3 is 2.30 bits per heavy atom. The third kappa shape index (κ3) is 5.20. The highest BCUT2D eigenvalue weighted by molar-refractivity contribution is 5.65. The number of rotatable bonds is 7. The van der Waals surface area contributed by atoms with E-state index in [1.807, 2.05) is 26.0 Å². The van der Waals surface area contributed by atoms with Gasteiger partial charge in [0.05, 0.1) is 6.61 Å². The number of hydrogen-bond donors (Lipinski definition) is 1. The van der Waals surface area contributed by atoms with Crippen molar-refractivity contribution in [2.24, 2.45) is 0 Å². The van der Waals surface area contributed by atoms with Crippen LogP contribution in [0.25, 0.3) is 0 Å². The maximum Gasteiger partial charge on any atom is 0.421 e. The Labute approximate surface area is 173 Å². The van der Waals surface area contributed by atoms with Crippen molar-refractivity contribution in [3.8, 4) is 5.75 Å². The zero-order valence-electron chi connectivity index (χ0n) is 17.0. The smallest absolute Gasteiger partial charge is 0.421 e. The van der Waals surface area contributed by atoms with Crippen molar-refractivity contribution >= 4 is 23.1 Å². The average Bonchev–Trinajstić information content (AvgIpc) is 2.72. The third-order valence-corrected chi connectivity index (χ3v) is 4.40. The number of hydrogen-bond acceptors (Lipinski definition) is 5. The lowest BCUT2D eigenvalue weighted by Crippen LogP contribution is -2.19. The molecule has 0 saturated carbocycles. The largest absolute Gasteiger partial charge is 0.494 e. The molecule has 3 rings (SSSR count). The van der Waals surface area contributed by atoms with Crippen LogP contribution in [0, 0.1) is 6.92 Å². The van der Waals surface area contributed by atoms with Gasteiger partial charge in [-0.25, -0.2) is 4.98 Å². The van der Waals surface area contributed by atoms with E-state index in [-0.39, 0.29) is 11.8 Å². The first kappa shape index (κ1) is 21.4. The quantitative estimate of drug-likeness (QED) is 0.504. The zero-order valence-corrected chi connectivity index (χ0v) is 17.0. The van der Waals surface area contributed by atoms with E-state index >= 15 is 0 Å². The predicted molar refractivity (Wildman–Crippen MR) is 112 cm³/mol. The van der Waals surface area contributed by atoms with E-state index in [9.17, 15) is 13.2 Å². The van der Waals surface area contributed by atoms with E-state index in [1.54, 1.807) is 43.4 Å². The molecule has 158 valence electrons. The van der Waals surface area contributed by atoms with Gasteiger partial charge in [0, 0.05) is 24.6 Å². The van der Waals surface area contributed by atoms with Crippen LogP contribution < -0.4 is 15.0 Å². The highest BCUT2D eigenvalue weighted by Gasteiger charge is 2.36. The highest BCUT2D eigenvalue weighted by Crippen LogP contribution is 2.37. The summed E-state index contributed by atoms with van der Waals surface area (Å²) < 4.78 is 46.2. The molecule has 0 aliphatic heterocycles. The molecule has 0 radical (unpaired) electrons. The van der Waals surface area contributed by atoms with Crippen molar-refractivity contribution in [1.29, 1.82) is 0 Å². The molecule has 30 heavy (non-hydrogen) atoms. The Morgan fingerprint density at radius 2 is 1.70 bits per heavy atom. The standard InChI is InChI=1S/C22H23F3N4O/c1-4-13-30-18-11-7-16(8-12-18)27-21-26-14-19(22(23,24)25)20(28-21)29(3)17-9-5-15(2)6-10-17/h5-12,14H,4,13H2,1-3H3,(H,26,27,28). The molecule has 2 aromatic carbocycles. The van der Waals surface area contributed by atoms with E-state index in [0.29, 0.717) is 18.0 Å². The Kier molecular flexibility index (Phi) is 6.44. The lowest BCUT2D eigenvalue weighted by Gasteiger charge is -2.23. The summed E-state index contributed by atoms with van der Waals surface area (Å²) in [6.45, 7) is 4.54. The van der Waals surface area contributed by atoms with Gasteiger partial charge >= 0.3 is 6.18 Å². The van der Waals surface area contributed by atoms with Crippen molar-refractivity contribution in [2.45, 2.75) is 26.4 Å². The second kappa shape index (κ2) is 9.02. The van der Waals surface area contributed by atoms with Gasteiger partial charge in [-0.15, -0.1) is 0 Å². The molecule has 0 bridgehead atoms. The second-order valence-electron chi connectivity index (χ2n) is 6.82. The minimum Gasteiger partial charge on any atom is -0.494 e. The van der Waals surface area contributed by atoms with Gasteiger partial charge in [0.2, 0.25) is 5.95 Å². The molecule has 0 fully saturated rings. The van der Waals surface area contributed by atoms with Crippen LogP contribution >= 0.6 is 0 Å². The van der Waals surface area contributed by atoms with Crippen LogP contribution in [0.3, 0.4) is 0 Å². The van der Waals surface area contributed by atoms with Crippen molar-refractivity contribution in [3.63, 3.8) is 0 Å². The van der Waals surface area contributed by atoms with Gasteiger partial charge in [-0.05, 0) is 49.7 Å². The Balaban J connectivity index is 1.89. The Bertz CT molecular complexity index is 973. The normalized spacial score (nSPS) is 11.3. The maximum absolute atomic E-state index is 13.6. The summed E-state index contributed by atoms with van der Waals surface area (Å²) in [7, 11) is 1.55. The summed E-state index contributed by atoms with van der Waals surface area (Å²) in [5.41, 5.74) is 1.34. The van der Waals surface area contributed by atoms with Crippen LogP contribution in [0.4, 0.5) is 36.3 Å². The van der Waals surface area contributed by atoms with E-state index in [2.05, 4.69) is 15.3 Å². The first-order valence-electron chi connectivity index (χ1n) is 9.52. The first-order chi connectivity index (χ1) is 14.3. The minimum absolute atomic E-state index is 0.0687. The Hall–Kier alpha value is -3.29. The van der Waals surface area contributed by atoms with E-state index in [4.69, 9.17) is 4.74 Å². The van der Waals surface area contributed by atoms with Crippen LogP contribution in [0.2, 0.25) is 0 Å². The molecule has 1 aromatic heterocycles. The summed E-state index contributed by atoms with van der Waals surface area (Å²) in [4.78, 5) is 9.42. The number of benzene rings is 2. The molecule has 8 heteroatoms. The number of alkyl halides is 3. The predicted octanol–water partition coefficient (Wildman–Crippen LogP) is 6.10.